The quantitative estimate of drug-likeness (QED) is 0.811. The van der Waals surface area contributed by atoms with Gasteiger partial charge in [-0.3, -0.25) is 9.59 Å². The lowest BCUT2D eigenvalue weighted by molar-refractivity contribution is -0.0719. The summed E-state index contributed by atoms with van der Waals surface area (Å²) >= 11 is 1.20. The monoisotopic (exact) mass is 325 g/mol. The van der Waals surface area contributed by atoms with Crippen molar-refractivity contribution in [3.05, 3.63) is 21.9 Å². The maximum atomic E-state index is 12.6. The smallest absolute Gasteiger partial charge is 0.263 e. The number of amides is 1. The first kappa shape index (κ1) is 17.1. The Labute approximate surface area is 134 Å². The molecule has 5 nitrogen and oxygen atoms in total. The van der Waals surface area contributed by atoms with Crippen LogP contribution in [0.1, 0.15) is 52.5 Å². The Hall–Kier alpha value is -1.24. The minimum atomic E-state index is -0.636. The van der Waals surface area contributed by atoms with Gasteiger partial charge in [-0.1, -0.05) is 13.3 Å². The predicted octanol–water partition coefficient (Wildman–Crippen LogP) is 1.94. The molecule has 6 heteroatoms. The fourth-order valence-electron chi connectivity index (χ4n) is 3.10. The van der Waals surface area contributed by atoms with Crippen molar-refractivity contribution in [2.75, 3.05) is 19.7 Å². The Morgan fingerprint density at radius 1 is 1.41 bits per heavy atom. The summed E-state index contributed by atoms with van der Waals surface area (Å²) in [7, 11) is 0. The van der Waals surface area contributed by atoms with Crippen LogP contribution in [0, 0.1) is 5.41 Å². The molecule has 0 spiro atoms. The fourth-order valence-corrected chi connectivity index (χ4v) is 3.97. The summed E-state index contributed by atoms with van der Waals surface area (Å²) in [4.78, 5) is 26.8. The summed E-state index contributed by atoms with van der Waals surface area (Å²) in [5, 5.41) is 20.0. The van der Waals surface area contributed by atoms with E-state index in [4.69, 9.17) is 0 Å². The van der Waals surface area contributed by atoms with Crippen LogP contribution in [0.25, 0.3) is 0 Å². The van der Waals surface area contributed by atoms with Crippen LogP contribution in [0.3, 0.4) is 0 Å². The van der Waals surface area contributed by atoms with Crippen LogP contribution in [-0.4, -0.2) is 52.6 Å². The average Bonchev–Trinajstić information content (AvgIpc) is 2.99. The summed E-state index contributed by atoms with van der Waals surface area (Å²) in [5.74, 6) is -0.174. The normalized spacial score (nSPS) is 25.3. The predicted molar refractivity (Wildman–Crippen MR) is 85.3 cm³/mol. The van der Waals surface area contributed by atoms with Gasteiger partial charge in [0.2, 0.25) is 0 Å². The van der Waals surface area contributed by atoms with Gasteiger partial charge in [0, 0.05) is 18.5 Å². The third-order valence-electron chi connectivity index (χ3n) is 4.40. The van der Waals surface area contributed by atoms with Crippen molar-refractivity contribution in [2.45, 2.75) is 39.2 Å². The summed E-state index contributed by atoms with van der Waals surface area (Å²) in [6.45, 7) is 4.18. The molecule has 1 saturated heterocycles. The number of hydrogen-bond donors (Lipinski definition) is 2. The van der Waals surface area contributed by atoms with E-state index in [1.807, 2.05) is 6.92 Å². The van der Waals surface area contributed by atoms with Gasteiger partial charge in [-0.2, -0.15) is 0 Å². The van der Waals surface area contributed by atoms with Crippen LogP contribution >= 0.6 is 11.3 Å². The van der Waals surface area contributed by atoms with Crippen molar-refractivity contribution >= 4 is 23.0 Å². The molecule has 122 valence electrons. The van der Waals surface area contributed by atoms with Crippen LogP contribution in [0.2, 0.25) is 0 Å². The molecule has 1 amide bonds. The molecule has 0 unspecified atom stereocenters. The summed E-state index contributed by atoms with van der Waals surface area (Å²) in [6.07, 6.45) is 1.40. The highest BCUT2D eigenvalue weighted by atomic mass is 32.1. The van der Waals surface area contributed by atoms with Crippen molar-refractivity contribution in [3.8, 4) is 0 Å². The van der Waals surface area contributed by atoms with E-state index in [-0.39, 0.29) is 18.3 Å². The summed E-state index contributed by atoms with van der Waals surface area (Å²) in [6, 6.07) is 3.35. The first-order valence-electron chi connectivity index (χ1n) is 7.62. The molecule has 1 aromatic rings. The molecule has 22 heavy (non-hydrogen) atoms. The molecule has 2 heterocycles. The van der Waals surface area contributed by atoms with Crippen LogP contribution in [-0.2, 0) is 0 Å². The number of aliphatic hydroxyl groups is 2. The Morgan fingerprint density at radius 3 is 2.64 bits per heavy atom. The number of aliphatic hydroxyl groups excluding tert-OH is 2. The zero-order chi connectivity index (χ0) is 16.3. The zero-order valence-electron chi connectivity index (χ0n) is 13.0. The molecule has 1 aliphatic rings. The second kappa shape index (κ2) is 6.89. The molecule has 1 aliphatic heterocycles. The van der Waals surface area contributed by atoms with E-state index in [0.29, 0.717) is 35.7 Å². The van der Waals surface area contributed by atoms with Gasteiger partial charge >= 0.3 is 0 Å². The first-order chi connectivity index (χ1) is 10.4. The van der Waals surface area contributed by atoms with Gasteiger partial charge < -0.3 is 15.1 Å². The number of piperidine rings is 1. The van der Waals surface area contributed by atoms with Crippen LogP contribution in [0.15, 0.2) is 12.1 Å². The molecular formula is C16H23NO4S. The molecule has 0 saturated carbocycles. The van der Waals surface area contributed by atoms with E-state index < -0.39 is 11.5 Å². The zero-order valence-corrected chi connectivity index (χ0v) is 13.9. The molecule has 1 fully saturated rings. The van der Waals surface area contributed by atoms with Crippen LogP contribution in [0.5, 0.6) is 0 Å². The number of carbonyl (C=O) groups excluding carboxylic acids is 2. The second-order valence-electron chi connectivity index (χ2n) is 6.02. The third kappa shape index (κ3) is 3.24. The molecule has 0 radical (unpaired) electrons. The standard InChI is InChI=1S/C16H23NO4S/c1-3-7-16(10-18)9-17(8-6-14(16)20)15(21)13-5-4-12(22-13)11(2)19/h4-5,14,18,20H,3,6-10H2,1-2H3/t14-,16-/m0/s1. The lowest BCUT2D eigenvalue weighted by atomic mass is 9.74. The molecule has 0 aromatic carbocycles. The van der Waals surface area contributed by atoms with Gasteiger partial charge in [-0.15, -0.1) is 11.3 Å². The van der Waals surface area contributed by atoms with E-state index in [2.05, 4.69) is 0 Å². The van der Waals surface area contributed by atoms with E-state index in [1.54, 1.807) is 17.0 Å². The van der Waals surface area contributed by atoms with Gasteiger partial charge in [0.05, 0.1) is 22.5 Å². The van der Waals surface area contributed by atoms with Crippen molar-refractivity contribution in [1.29, 1.82) is 0 Å². The van der Waals surface area contributed by atoms with E-state index in [1.165, 1.54) is 18.3 Å². The lowest BCUT2D eigenvalue weighted by Gasteiger charge is -2.45. The lowest BCUT2D eigenvalue weighted by Crippen LogP contribution is -2.55. The highest BCUT2D eigenvalue weighted by Crippen LogP contribution is 2.35. The molecular weight excluding hydrogens is 302 g/mol. The van der Waals surface area contributed by atoms with Crippen molar-refractivity contribution < 1.29 is 19.8 Å². The SMILES string of the molecule is CCC[C@@]1(CO)CN(C(=O)c2ccc(C(C)=O)s2)CC[C@@H]1O. The number of likely N-dealkylation sites (tertiary alicyclic amines) is 1. The van der Waals surface area contributed by atoms with Gasteiger partial charge in [-0.05, 0) is 31.9 Å². The number of carbonyl (C=O) groups is 2. The van der Waals surface area contributed by atoms with Gasteiger partial charge in [-0.25, -0.2) is 0 Å². The van der Waals surface area contributed by atoms with E-state index in [0.717, 1.165) is 6.42 Å². The molecule has 2 N–H and O–H groups in total. The van der Waals surface area contributed by atoms with E-state index in [9.17, 15) is 19.8 Å². The Bertz CT molecular complexity index is 556. The molecule has 1 aromatic heterocycles. The number of hydrogen-bond acceptors (Lipinski definition) is 5. The van der Waals surface area contributed by atoms with E-state index >= 15 is 0 Å². The number of nitrogens with zero attached hydrogens (tertiary/aromatic N) is 1. The third-order valence-corrected chi connectivity index (χ3v) is 5.57. The minimum Gasteiger partial charge on any atom is -0.396 e. The number of thiophene rings is 1. The van der Waals surface area contributed by atoms with Crippen molar-refractivity contribution in [3.63, 3.8) is 0 Å². The van der Waals surface area contributed by atoms with Gasteiger partial charge in [0.25, 0.3) is 5.91 Å². The summed E-state index contributed by atoms with van der Waals surface area (Å²) < 4.78 is 0. The maximum Gasteiger partial charge on any atom is 0.263 e. The molecule has 0 bridgehead atoms. The number of Topliss-reactive ketones (excluding diaryl/α,β-unsaturated/α-hetero) is 1. The fraction of sp³-hybridized carbons (Fsp3) is 0.625. The largest absolute Gasteiger partial charge is 0.396 e. The van der Waals surface area contributed by atoms with Crippen LogP contribution < -0.4 is 0 Å². The molecule has 0 aliphatic carbocycles. The first-order valence-corrected chi connectivity index (χ1v) is 8.44. The average molecular weight is 325 g/mol. The van der Waals surface area contributed by atoms with Gasteiger partial charge in [0.1, 0.15) is 0 Å². The highest BCUT2D eigenvalue weighted by Gasteiger charge is 2.43. The number of ketones is 1. The number of rotatable bonds is 5. The Balaban J connectivity index is 2.17. The Morgan fingerprint density at radius 2 is 2.09 bits per heavy atom. The summed E-state index contributed by atoms with van der Waals surface area (Å²) in [5.41, 5.74) is -0.636. The van der Waals surface area contributed by atoms with Crippen molar-refractivity contribution in [2.24, 2.45) is 5.41 Å². The van der Waals surface area contributed by atoms with Gasteiger partial charge in [0.15, 0.2) is 5.78 Å². The minimum absolute atomic E-state index is 0.0474. The Kier molecular flexibility index (Phi) is 5.36. The second-order valence-corrected chi connectivity index (χ2v) is 7.11. The highest BCUT2D eigenvalue weighted by molar-refractivity contribution is 7.15. The van der Waals surface area contributed by atoms with Crippen LogP contribution in [0.4, 0.5) is 0 Å². The molecule has 2 rings (SSSR count). The van der Waals surface area contributed by atoms with Crippen molar-refractivity contribution in [1.82, 2.24) is 4.90 Å². The topological polar surface area (TPSA) is 77.8 Å². The maximum absolute atomic E-state index is 12.6. The molecule has 2 atom stereocenters.